The van der Waals surface area contributed by atoms with Gasteiger partial charge in [-0.25, -0.2) is 0 Å². The number of hydrogen-bond donors (Lipinski definition) is 0. The van der Waals surface area contributed by atoms with Gasteiger partial charge in [0.25, 0.3) is 0 Å². The van der Waals surface area contributed by atoms with Crippen molar-refractivity contribution in [2.24, 2.45) is 0 Å². The van der Waals surface area contributed by atoms with Crippen LogP contribution in [0, 0.1) is 0 Å². The van der Waals surface area contributed by atoms with Crippen LogP contribution in [0.25, 0.3) is 262 Å². The molecule has 6 aromatic heterocycles. The molecule has 0 N–H and O–H groups in total. The van der Waals surface area contributed by atoms with Crippen molar-refractivity contribution in [3.63, 3.8) is 0 Å². The lowest BCUT2D eigenvalue weighted by molar-refractivity contribution is 0.672. The van der Waals surface area contributed by atoms with Crippen molar-refractivity contribution in [3.05, 3.63) is 413 Å². The van der Waals surface area contributed by atoms with Crippen LogP contribution in [-0.2, 0) is 0 Å². The Kier molecular flexibility index (Phi) is 14.0. The molecule has 6 heteroatoms. The Balaban J connectivity index is 0.000000128. The maximum atomic E-state index is 6.83. The van der Waals surface area contributed by atoms with E-state index in [9.17, 15) is 0 Å². The fraction of sp³-hybridized carbons (Fsp3) is 0. The van der Waals surface area contributed by atoms with Crippen LogP contribution in [0.1, 0.15) is 0 Å². The molecule has 564 valence electrons. The molecule has 0 amide bonds. The molecule has 22 aromatic carbocycles. The Morgan fingerprint density at radius 1 is 0.156 bits per heavy atom. The van der Waals surface area contributed by atoms with Gasteiger partial charge in [-0.3, -0.25) is 0 Å². The molecule has 0 saturated heterocycles. The van der Waals surface area contributed by atoms with E-state index in [4.69, 9.17) is 8.83 Å². The Labute approximate surface area is 697 Å². The van der Waals surface area contributed by atoms with Gasteiger partial charge in [0, 0.05) is 76.0 Å². The Bertz CT molecular complexity index is 9350. The third-order valence-corrected chi connectivity index (χ3v) is 26.5. The molecule has 0 saturated carbocycles. The summed E-state index contributed by atoms with van der Waals surface area (Å²) in [5, 5.41) is 34.3. The number of rotatable bonds is 6. The second-order valence-corrected chi connectivity index (χ2v) is 32.8. The number of fused-ring (bicyclic) bond motifs is 36. The van der Waals surface area contributed by atoms with Gasteiger partial charge in [-0.2, -0.15) is 0 Å². The quantitative estimate of drug-likeness (QED) is 0.156. The Morgan fingerprint density at radius 3 is 0.984 bits per heavy atom. The molecule has 0 aliphatic carbocycles. The predicted octanol–water partition coefficient (Wildman–Crippen LogP) is 32.1. The molecule has 6 heterocycles. The van der Waals surface area contributed by atoms with E-state index in [-0.39, 0.29) is 0 Å². The second-order valence-electron chi connectivity index (χ2n) is 32.8. The third-order valence-electron chi connectivity index (χ3n) is 26.5. The summed E-state index contributed by atoms with van der Waals surface area (Å²) in [5.41, 5.74) is 22.2. The zero-order valence-corrected chi connectivity index (χ0v) is 65.9. The highest BCUT2D eigenvalue weighted by atomic mass is 16.3. The molecule has 28 aromatic rings. The van der Waals surface area contributed by atoms with Crippen molar-refractivity contribution in [2.45, 2.75) is 0 Å². The summed E-state index contributed by atoms with van der Waals surface area (Å²) in [6, 6.07) is 151. The number of aromatic nitrogens is 4. The molecule has 0 bridgehead atoms. The number of nitrogens with zero attached hydrogens (tertiary/aromatic N) is 4. The highest BCUT2D eigenvalue weighted by molar-refractivity contribution is 6.34. The van der Waals surface area contributed by atoms with Crippen molar-refractivity contribution in [3.8, 4) is 45.0 Å². The van der Waals surface area contributed by atoms with Gasteiger partial charge in [-0.05, 0) is 219 Å². The first-order chi connectivity index (χ1) is 60.6. The smallest absolute Gasteiger partial charge is 0.145 e. The van der Waals surface area contributed by atoms with Crippen LogP contribution < -0.4 is 0 Å². The number of hydrogen-bond acceptors (Lipinski definition) is 2. The standard InChI is InChI=1S/2C58H34N2O/c1-2-17-39-35(13-1)14-12-25-50(39)60-51-24-9-7-23-47(51)55-52(60)32-30-48-56-53(31-29-46-45-22-8-10-26-54(45)61-58(46)56)59(57(48)55)38-16-11-15-36(33-38)37-27-28-44-42-20-4-3-18-40(42)41-19-5-6-21-43(41)49(44)34-37;1-2-14-39-36(12-1)13-11-22-50(39)60-53-32-30-46-45-19-8-10-23-54(45)61-58(46)56(53)48-31-33-52-55(57(48)60)47-20-7-9-21-51(47)59(52)38-27-24-35(25-28-38)37-26-29-44-42-17-4-3-15-40(42)41-16-5-6-18-43(41)49(44)34-37/h2*1-34H. The predicted molar refractivity (Wildman–Crippen MR) is 516 cm³/mol. The largest absolute Gasteiger partial charge is 0.455 e. The first kappa shape index (κ1) is 66.8. The van der Waals surface area contributed by atoms with E-state index in [2.05, 4.69) is 431 Å². The molecule has 0 atom stereocenters. The van der Waals surface area contributed by atoms with Crippen LogP contribution in [0.15, 0.2) is 421 Å². The van der Waals surface area contributed by atoms with Crippen molar-refractivity contribution in [1.82, 2.24) is 18.3 Å². The van der Waals surface area contributed by atoms with E-state index in [1.165, 1.54) is 174 Å². The molecule has 0 radical (unpaired) electrons. The first-order valence-corrected chi connectivity index (χ1v) is 42.0. The maximum Gasteiger partial charge on any atom is 0.145 e. The molecular weight excluding hydrogens is 1480 g/mol. The van der Waals surface area contributed by atoms with Gasteiger partial charge in [-0.15, -0.1) is 0 Å². The van der Waals surface area contributed by atoms with E-state index in [1.807, 2.05) is 0 Å². The van der Waals surface area contributed by atoms with Crippen LogP contribution in [0.2, 0.25) is 0 Å². The second kappa shape index (κ2) is 25.6. The lowest BCUT2D eigenvalue weighted by Gasteiger charge is -2.14. The van der Waals surface area contributed by atoms with Crippen molar-refractivity contribution >= 4 is 217 Å². The summed E-state index contributed by atoms with van der Waals surface area (Å²) in [6.07, 6.45) is 0. The number of furan rings is 2. The lowest BCUT2D eigenvalue weighted by Crippen LogP contribution is -1.96. The first-order valence-electron chi connectivity index (χ1n) is 42.0. The molecule has 6 nitrogen and oxygen atoms in total. The molecular formula is C116H68N4O2. The van der Waals surface area contributed by atoms with Gasteiger partial charge in [0.15, 0.2) is 0 Å². The van der Waals surface area contributed by atoms with Crippen LogP contribution in [-0.4, -0.2) is 18.3 Å². The fourth-order valence-electron chi connectivity index (χ4n) is 21.3. The van der Waals surface area contributed by atoms with Crippen molar-refractivity contribution < 1.29 is 8.83 Å². The Hall–Kier alpha value is -16.3. The minimum absolute atomic E-state index is 0.901. The van der Waals surface area contributed by atoms with Crippen LogP contribution >= 0.6 is 0 Å². The summed E-state index contributed by atoms with van der Waals surface area (Å²) in [6.45, 7) is 0. The van der Waals surface area contributed by atoms with Gasteiger partial charge < -0.3 is 27.1 Å². The number of para-hydroxylation sites is 4. The minimum Gasteiger partial charge on any atom is -0.455 e. The zero-order valence-electron chi connectivity index (χ0n) is 65.9. The fourth-order valence-corrected chi connectivity index (χ4v) is 21.3. The molecule has 122 heavy (non-hydrogen) atoms. The Morgan fingerprint density at radius 2 is 0.484 bits per heavy atom. The van der Waals surface area contributed by atoms with E-state index < -0.39 is 0 Å². The molecule has 28 rings (SSSR count). The highest BCUT2D eigenvalue weighted by Crippen LogP contribution is 2.51. The molecule has 0 aliphatic heterocycles. The molecule has 0 aliphatic rings. The van der Waals surface area contributed by atoms with Gasteiger partial charge in [0.2, 0.25) is 0 Å². The van der Waals surface area contributed by atoms with Crippen molar-refractivity contribution in [2.75, 3.05) is 0 Å². The summed E-state index contributed by atoms with van der Waals surface area (Å²) >= 11 is 0. The van der Waals surface area contributed by atoms with Gasteiger partial charge in [0.05, 0.1) is 66.3 Å². The van der Waals surface area contributed by atoms with E-state index in [0.717, 1.165) is 88.3 Å². The summed E-state index contributed by atoms with van der Waals surface area (Å²) in [5.74, 6) is 0. The maximum absolute atomic E-state index is 6.83. The topological polar surface area (TPSA) is 46.0 Å². The average Bonchev–Trinajstić information content (AvgIpc) is 1.52. The summed E-state index contributed by atoms with van der Waals surface area (Å²) in [4.78, 5) is 0. The minimum atomic E-state index is 0.901. The van der Waals surface area contributed by atoms with Crippen LogP contribution in [0.4, 0.5) is 0 Å². The van der Waals surface area contributed by atoms with Crippen LogP contribution in [0.3, 0.4) is 0 Å². The summed E-state index contributed by atoms with van der Waals surface area (Å²) < 4.78 is 23.5. The van der Waals surface area contributed by atoms with Gasteiger partial charge >= 0.3 is 0 Å². The zero-order chi connectivity index (χ0) is 79.5. The molecule has 0 fully saturated rings. The monoisotopic (exact) mass is 1550 g/mol. The normalized spacial score (nSPS) is 12.3. The summed E-state index contributed by atoms with van der Waals surface area (Å²) in [7, 11) is 0. The van der Waals surface area contributed by atoms with E-state index in [1.54, 1.807) is 0 Å². The lowest BCUT2D eigenvalue weighted by atomic mass is 9.92. The van der Waals surface area contributed by atoms with Crippen LogP contribution in [0.5, 0.6) is 0 Å². The van der Waals surface area contributed by atoms with Gasteiger partial charge in [-0.1, -0.05) is 291 Å². The number of benzene rings is 22. The van der Waals surface area contributed by atoms with E-state index in [0.29, 0.717) is 0 Å². The molecule has 0 unspecified atom stereocenters. The van der Waals surface area contributed by atoms with Crippen molar-refractivity contribution in [1.29, 1.82) is 0 Å². The average molecular weight is 1550 g/mol. The molecule has 0 spiro atoms. The SMILES string of the molecule is c1cc(-c2ccc3c4ccccc4c4ccccc4c3c2)cc(-n2c3ccc4c5ccccc5oc4c3c3ccc4c(c5ccccc5n4-c4cccc5ccccc45)c32)c1.c1ccc2c(-n3c4ccc5c6ccccc6oc5c4c4ccc5c(c6ccccc6n5-c5ccc(-c6ccc7c8ccccc8c8ccccc8c7c6)cc5)c43)cccc2c1. The third kappa shape index (κ3) is 9.48. The highest BCUT2D eigenvalue weighted by Gasteiger charge is 2.28. The van der Waals surface area contributed by atoms with E-state index >= 15 is 0 Å². The van der Waals surface area contributed by atoms with Gasteiger partial charge in [0.1, 0.15) is 22.3 Å².